The molecule has 0 saturated heterocycles. The summed E-state index contributed by atoms with van der Waals surface area (Å²) in [6, 6.07) is 4.54. The van der Waals surface area contributed by atoms with Crippen LogP contribution < -0.4 is 5.73 Å². The number of hydrogen-bond donors (Lipinski definition) is 2. The Bertz CT molecular complexity index is 268. The van der Waals surface area contributed by atoms with Crippen LogP contribution in [-0.4, -0.2) is 11.7 Å². The van der Waals surface area contributed by atoms with Crippen molar-refractivity contribution < 1.29 is 9.50 Å². The molecule has 13 heavy (non-hydrogen) atoms. The smallest absolute Gasteiger partial charge is 0.123 e. The van der Waals surface area contributed by atoms with Crippen molar-refractivity contribution in [3.05, 3.63) is 35.1 Å². The molecule has 0 amide bonds. The average molecular weight is 183 g/mol. The lowest BCUT2D eigenvalue weighted by molar-refractivity contribution is 0.170. The quantitative estimate of drug-likeness (QED) is 0.746. The second kappa shape index (κ2) is 4.35. The summed E-state index contributed by atoms with van der Waals surface area (Å²) in [6.07, 6.45) is -0.192. The molecular formula is C10H14FNO. The molecule has 0 radical (unpaired) electrons. The minimum Gasteiger partial charge on any atom is -0.388 e. The molecule has 3 N–H and O–H groups in total. The molecule has 1 rings (SSSR count). The molecule has 0 spiro atoms. The molecule has 0 bridgehead atoms. The van der Waals surface area contributed by atoms with Gasteiger partial charge in [-0.25, -0.2) is 4.39 Å². The summed E-state index contributed by atoms with van der Waals surface area (Å²) in [5.74, 6) is -0.314. The van der Waals surface area contributed by atoms with Gasteiger partial charge in [-0.15, -0.1) is 0 Å². The second-order valence-electron chi connectivity index (χ2n) is 3.16. The zero-order chi connectivity index (χ0) is 9.84. The van der Waals surface area contributed by atoms with E-state index < -0.39 is 6.10 Å². The molecule has 0 aliphatic heterocycles. The van der Waals surface area contributed by atoms with E-state index in [1.165, 1.54) is 12.1 Å². The van der Waals surface area contributed by atoms with E-state index in [0.717, 1.165) is 5.56 Å². The summed E-state index contributed by atoms with van der Waals surface area (Å²) in [6.45, 7) is 2.19. The highest BCUT2D eigenvalue weighted by Crippen LogP contribution is 2.18. The first-order chi connectivity index (χ1) is 6.13. The summed E-state index contributed by atoms with van der Waals surface area (Å²) >= 11 is 0. The lowest BCUT2D eigenvalue weighted by Crippen LogP contribution is -2.07. The number of aliphatic hydroxyl groups excluding tert-OH is 1. The lowest BCUT2D eigenvalue weighted by Gasteiger charge is -2.10. The maximum Gasteiger partial charge on any atom is 0.123 e. The standard InChI is InChI=1S/C10H14FNO/c1-7-4-8(6-9(11)5-7)10(13)2-3-12/h4-6,10,13H,2-3,12H2,1H3. The fourth-order valence-electron chi connectivity index (χ4n) is 1.28. The van der Waals surface area contributed by atoms with E-state index in [-0.39, 0.29) is 5.82 Å². The largest absolute Gasteiger partial charge is 0.388 e. The Morgan fingerprint density at radius 1 is 1.46 bits per heavy atom. The molecule has 72 valence electrons. The van der Waals surface area contributed by atoms with Gasteiger partial charge in [-0.3, -0.25) is 0 Å². The lowest BCUT2D eigenvalue weighted by atomic mass is 10.0. The van der Waals surface area contributed by atoms with Crippen LogP contribution in [0.2, 0.25) is 0 Å². The molecule has 3 heteroatoms. The number of benzene rings is 1. The fourth-order valence-corrected chi connectivity index (χ4v) is 1.28. The average Bonchev–Trinajstić information content (AvgIpc) is 2.03. The zero-order valence-corrected chi connectivity index (χ0v) is 7.63. The SMILES string of the molecule is Cc1cc(F)cc(C(O)CCN)c1. The monoisotopic (exact) mass is 183 g/mol. The van der Waals surface area contributed by atoms with Gasteiger partial charge >= 0.3 is 0 Å². The number of halogens is 1. The van der Waals surface area contributed by atoms with Crippen molar-refractivity contribution in [2.45, 2.75) is 19.4 Å². The van der Waals surface area contributed by atoms with E-state index in [1.54, 1.807) is 13.0 Å². The third-order valence-corrected chi connectivity index (χ3v) is 1.89. The Kier molecular flexibility index (Phi) is 3.39. The van der Waals surface area contributed by atoms with Crippen molar-refractivity contribution in [2.75, 3.05) is 6.54 Å². The van der Waals surface area contributed by atoms with E-state index >= 15 is 0 Å². The van der Waals surface area contributed by atoms with Gasteiger partial charge in [-0.05, 0) is 43.1 Å². The van der Waals surface area contributed by atoms with Crippen LogP contribution >= 0.6 is 0 Å². The van der Waals surface area contributed by atoms with E-state index in [2.05, 4.69) is 0 Å². The van der Waals surface area contributed by atoms with Gasteiger partial charge in [0.25, 0.3) is 0 Å². The molecule has 0 fully saturated rings. The molecule has 1 aromatic carbocycles. The molecule has 2 nitrogen and oxygen atoms in total. The molecule has 1 unspecified atom stereocenters. The molecule has 0 heterocycles. The Balaban J connectivity index is 2.87. The highest BCUT2D eigenvalue weighted by atomic mass is 19.1. The van der Waals surface area contributed by atoms with Gasteiger partial charge in [0, 0.05) is 0 Å². The molecule has 0 aliphatic carbocycles. The van der Waals surface area contributed by atoms with Crippen LogP contribution in [0.5, 0.6) is 0 Å². The van der Waals surface area contributed by atoms with Gasteiger partial charge in [0.15, 0.2) is 0 Å². The second-order valence-corrected chi connectivity index (χ2v) is 3.16. The van der Waals surface area contributed by atoms with E-state index in [1.807, 2.05) is 0 Å². The van der Waals surface area contributed by atoms with Gasteiger partial charge in [-0.1, -0.05) is 6.07 Å². The highest BCUT2D eigenvalue weighted by molar-refractivity contribution is 5.25. The Morgan fingerprint density at radius 3 is 2.69 bits per heavy atom. The summed E-state index contributed by atoms with van der Waals surface area (Å²) < 4.78 is 12.9. The number of rotatable bonds is 3. The summed E-state index contributed by atoms with van der Waals surface area (Å²) in [4.78, 5) is 0. The van der Waals surface area contributed by atoms with Crippen LogP contribution in [0.15, 0.2) is 18.2 Å². The van der Waals surface area contributed by atoms with Crippen molar-refractivity contribution in [2.24, 2.45) is 5.73 Å². The van der Waals surface area contributed by atoms with Crippen LogP contribution in [0.1, 0.15) is 23.7 Å². The predicted molar refractivity (Wildman–Crippen MR) is 49.8 cm³/mol. The zero-order valence-electron chi connectivity index (χ0n) is 7.63. The highest BCUT2D eigenvalue weighted by Gasteiger charge is 2.07. The maximum absolute atomic E-state index is 12.9. The van der Waals surface area contributed by atoms with Gasteiger partial charge in [0.05, 0.1) is 6.10 Å². The molecule has 1 atom stereocenters. The number of aliphatic hydroxyl groups is 1. The van der Waals surface area contributed by atoms with Gasteiger partial charge in [0.1, 0.15) is 5.82 Å². The van der Waals surface area contributed by atoms with Crippen LogP contribution in [-0.2, 0) is 0 Å². The molecule has 0 aliphatic rings. The van der Waals surface area contributed by atoms with E-state index in [9.17, 15) is 9.50 Å². The maximum atomic E-state index is 12.9. The third-order valence-electron chi connectivity index (χ3n) is 1.89. The normalized spacial score (nSPS) is 12.9. The van der Waals surface area contributed by atoms with Crippen LogP contribution in [0.3, 0.4) is 0 Å². The van der Waals surface area contributed by atoms with Crippen molar-refractivity contribution in [1.82, 2.24) is 0 Å². The van der Waals surface area contributed by atoms with E-state index in [4.69, 9.17) is 5.73 Å². The topological polar surface area (TPSA) is 46.2 Å². The first-order valence-electron chi connectivity index (χ1n) is 4.28. The van der Waals surface area contributed by atoms with Crippen LogP contribution in [0.4, 0.5) is 4.39 Å². The summed E-state index contributed by atoms with van der Waals surface area (Å²) in [7, 11) is 0. The minimum absolute atomic E-state index is 0.314. The first-order valence-corrected chi connectivity index (χ1v) is 4.28. The summed E-state index contributed by atoms with van der Waals surface area (Å²) in [5.41, 5.74) is 6.70. The molecule has 0 saturated carbocycles. The fraction of sp³-hybridized carbons (Fsp3) is 0.400. The van der Waals surface area contributed by atoms with Crippen molar-refractivity contribution in [3.8, 4) is 0 Å². The molecule has 1 aromatic rings. The van der Waals surface area contributed by atoms with Crippen LogP contribution in [0, 0.1) is 12.7 Å². The first kappa shape index (κ1) is 10.2. The molecule has 0 aromatic heterocycles. The predicted octanol–water partition coefficient (Wildman–Crippen LogP) is 1.52. The van der Waals surface area contributed by atoms with Gasteiger partial charge < -0.3 is 10.8 Å². The Morgan fingerprint density at radius 2 is 2.15 bits per heavy atom. The van der Waals surface area contributed by atoms with Crippen molar-refractivity contribution in [3.63, 3.8) is 0 Å². The van der Waals surface area contributed by atoms with Gasteiger partial charge in [0.2, 0.25) is 0 Å². The minimum atomic E-state index is -0.653. The Hall–Kier alpha value is -0.930. The van der Waals surface area contributed by atoms with Crippen molar-refractivity contribution in [1.29, 1.82) is 0 Å². The van der Waals surface area contributed by atoms with Crippen LogP contribution in [0.25, 0.3) is 0 Å². The number of nitrogens with two attached hydrogens (primary N) is 1. The molecular weight excluding hydrogens is 169 g/mol. The van der Waals surface area contributed by atoms with Crippen molar-refractivity contribution >= 4 is 0 Å². The van der Waals surface area contributed by atoms with Gasteiger partial charge in [-0.2, -0.15) is 0 Å². The third kappa shape index (κ3) is 2.79. The number of hydrogen-bond acceptors (Lipinski definition) is 2. The Labute approximate surface area is 77.2 Å². The number of aryl methyl sites for hydroxylation is 1. The van der Waals surface area contributed by atoms with E-state index in [0.29, 0.717) is 18.5 Å². The summed E-state index contributed by atoms with van der Waals surface area (Å²) in [5, 5.41) is 9.52.